The van der Waals surface area contributed by atoms with E-state index in [9.17, 15) is 4.79 Å². The van der Waals surface area contributed by atoms with E-state index in [1.807, 2.05) is 25.1 Å². The van der Waals surface area contributed by atoms with E-state index in [2.05, 4.69) is 54.9 Å². The molecule has 3 aromatic carbocycles. The Balaban J connectivity index is 1.54. The summed E-state index contributed by atoms with van der Waals surface area (Å²) in [6.07, 6.45) is 0. The van der Waals surface area contributed by atoms with Crippen LogP contribution in [0.4, 0.5) is 0 Å². The highest BCUT2D eigenvalue weighted by Gasteiger charge is 2.19. The summed E-state index contributed by atoms with van der Waals surface area (Å²) in [5, 5.41) is 3.09. The van der Waals surface area contributed by atoms with Crippen LogP contribution in [0.15, 0.2) is 66.7 Å². The first-order chi connectivity index (χ1) is 16.9. The molecule has 35 heavy (non-hydrogen) atoms. The van der Waals surface area contributed by atoms with Crippen molar-refractivity contribution in [1.29, 1.82) is 0 Å². The lowest BCUT2D eigenvalue weighted by atomic mass is 10.0. The lowest BCUT2D eigenvalue weighted by Gasteiger charge is -2.18. The van der Waals surface area contributed by atoms with Gasteiger partial charge in [-0.3, -0.25) is 4.79 Å². The van der Waals surface area contributed by atoms with E-state index in [-0.39, 0.29) is 11.9 Å². The number of nitrogens with one attached hydrogen (secondary N) is 1. The third-order valence-electron chi connectivity index (χ3n) is 6.13. The molecule has 0 radical (unpaired) electrons. The largest absolute Gasteiger partial charge is 0.497 e. The average Bonchev–Trinajstić information content (AvgIpc) is 3.23. The van der Waals surface area contributed by atoms with Crippen molar-refractivity contribution in [2.45, 2.75) is 46.2 Å². The van der Waals surface area contributed by atoms with Gasteiger partial charge < -0.3 is 19.4 Å². The van der Waals surface area contributed by atoms with Crippen molar-refractivity contribution in [3.05, 3.63) is 89.2 Å². The Labute approximate surface area is 206 Å². The Morgan fingerprint density at radius 1 is 1.03 bits per heavy atom. The summed E-state index contributed by atoms with van der Waals surface area (Å²) in [5.41, 5.74) is 4.86. The van der Waals surface area contributed by atoms with Gasteiger partial charge in [0, 0.05) is 5.56 Å². The second kappa shape index (κ2) is 10.6. The zero-order valence-corrected chi connectivity index (χ0v) is 21.0. The minimum absolute atomic E-state index is 0.156. The molecule has 0 saturated heterocycles. The van der Waals surface area contributed by atoms with E-state index in [0.29, 0.717) is 30.4 Å². The van der Waals surface area contributed by atoms with Crippen LogP contribution in [0.25, 0.3) is 11.0 Å². The van der Waals surface area contributed by atoms with Crippen LogP contribution < -0.4 is 14.8 Å². The van der Waals surface area contributed by atoms with E-state index < -0.39 is 0 Å². The summed E-state index contributed by atoms with van der Waals surface area (Å²) in [7, 11) is 1.61. The molecule has 1 amide bonds. The molecule has 0 aliphatic rings. The van der Waals surface area contributed by atoms with E-state index >= 15 is 0 Å². The number of fused-ring (bicyclic) bond motifs is 1. The van der Waals surface area contributed by atoms with Gasteiger partial charge in [0.25, 0.3) is 5.91 Å². The first-order valence-corrected chi connectivity index (χ1v) is 12.0. The second-order valence-corrected chi connectivity index (χ2v) is 9.08. The molecule has 1 N–H and O–H groups in total. The number of benzene rings is 3. The number of amides is 1. The van der Waals surface area contributed by atoms with E-state index in [1.165, 1.54) is 11.1 Å². The van der Waals surface area contributed by atoms with Crippen molar-refractivity contribution >= 4 is 16.9 Å². The molecule has 4 aromatic rings. The number of hydrogen-bond donors (Lipinski definition) is 1. The third kappa shape index (κ3) is 5.48. The quantitative estimate of drug-likeness (QED) is 0.323. The van der Waals surface area contributed by atoms with Gasteiger partial charge in [0.1, 0.15) is 23.9 Å². The van der Waals surface area contributed by atoms with Crippen LogP contribution in [-0.4, -0.2) is 29.2 Å². The summed E-state index contributed by atoms with van der Waals surface area (Å²) in [4.78, 5) is 17.7. The Morgan fingerprint density at radius 2 is 1.77 bits per heavy atom. The van der Waals surface area contributed by atoms with Gasteiger partial charge in [0.15, 0.2) is 0 Å². The number of carbonyl (C=O) groups is 1. The fourth-order valence-electron chi connectivity index (χ4n) is 4.24. The van der Waals surface area contributed by atoms with Crippen molar-refractivity contribution in [2.75, 3.05) is 13.7 Å². The maximum absolute atomic E-state index is 12.9. The highest BCUT2D eigenvalue weighted by Crippen LogP contribution is 2.28. The van der Waals surface area contributed by atoms with Gasteiger partial charge in [0.2, 0.25) is 0 Å². The zero-order chi connectivity index (χ0) is 24.9. The molecule has 6 heteroatoms. The van der Waals surface area contributed by atoms with E-state index in [0.717, 1.165) is 22.6 Å². The number of aryl methyl sites for hydroxylation is 1. The molecule has 0 bridgehead atoms. The molecule has 0 aliphatic carbocycles. The predicted octanol–water partition coefficient (Wildman–Crippen LogP) is 6.05. The number of ether oxygens (including phenoxy) is 2. The molecular formula is C29H33N3O3. The average molecular weight is 472 g/mol. The first kappa shape index (κ1) is 24.3. The summed E-state index contributed by atoms with van der Waals surface area (Å²) < 4.78 is 13.6. The lowest BCUT2D eigenvalue weighted by Crippen LogP contribution is -2.29. The molecule has 0 fully saturated rings. The van der Waals surface area contributed by atoms with Crippen LogP contribution in [0.1, 0.15) is 60.0 Å². The second-order valence-electron chi connectivity index (χ2n) is 9.08. The van der Waals surface area contributed by atoms with Crippen molar-refractivity contribution in [3.8, 4) is 11.5 Å². The Bertz CT molecular complexity index is 1310. The summed E-state index contributed by atoms with van der Waals surface area (Å²) in [6.45, 7) is 9.49. The van der Waals surface area contributed by atoms with Crippen molar-refractivity contribution in [1.82, 2.24) is 14.9 Å². The van der Waals surface area contributed by atoms with Gasteiger partial charge in [-0.25, -0.2) is 4.98 Å². The highest BCUT2D eigenvalue weighted by molar-refractivity contribution is 5.94. The lowest BCUT2D eigenvalue weighted by molar-refractivity contribution is 0.0937. The molecule has 4 rings (SSSR count). The minimum atomic E-state index is -0.290. The maximum Gasteiger partial charge on any atom is 0.251 e. The first-order valence-electron chi connectivity index (χ1n) is 12.0. The Kier molecular flexibility index (Phi) is 7.39. The zero-order valence-electron chi connectivity index (χ0n) is 21.0. The molecule has 182 valence electrons. The number of para-hydroxylation sites is 2. The van der Waals surface area contributed by atoms with Crippen molar-refractivity contribution in [2.24, 2.45) is 0 Å². The molecule has 1 atom stereocenters. The fraction of sp³-hybridized carbons (Fsp3) is 0.310. The van der Waals surface area contributed by atoms with Crippen molar-refractivity contribution in [3.63, 3.8) is 0 Å². The van der Waals surface area contributed by atoms with Gasteiger partial charge in [0.05, 0.1) is 30.7 Å². The SMILES string of the molecule is COc1ccc(C(=O)NC(C)c2nc3ccccc3n2CCOc2cc(C)ccc2C(C)C)cc1. The molecule has 1 aromatic heterocycles. The highest BCUT2D eigenvalue weighted by atomic mass is 16.5. The number of hydrogen-bond acceptors (Lipinski definition) is 4. The maximum atomic E-state index is 12.9. The van der Waals surface area contributed by atoms with Crippen LogP contribution >= 0.6 is 0 Å². The van der Waals surface area contributed by atoms with Gasteiger partial charge >= 0.3 is 0 Å². The summed E-state index contributed by atoms with van der Waals surface area (Å²) in [5.74, 6) is 2.65. The number of rotatable bonds is 9. The van der Waals surface area contributed by atoms with E-state index in [1.54, 1.807) is 31.4 Å². The predicted molar refractivity (Wildman–Crippen MR) is 139 cm³/mol. The Hall–Kier alpha value is -3.80. The van der Waals surface area contributed by atoms with Crippen LogP contribution in [0.3, 0.4) is 0 Å². The van der Waals surface area contributed by atoms with Crippen LogP contribution in [0.5, 0.6) is 11.5 Å². The number of aromatic nitrogens is 2. The number of nitrogens with zero attached hydrogens (tertiary/aromatic N) is 2. The molecular weight excluding hydrogens is 438 g/mol. The van der Waals surface area contributed by atoms with Crippen molar-refractivity contribution < 1.29 is 14.3 Å². The number of methoxy groups -OCH3 is 1. The number of carbonyl (C=O) groups excluding carboxylic acids is 1. The molecule has 1 unspecified atom stereocenters. The van der Waals surface area contributed by atoms with E-state index in [4.69, 9.17) is 14.5 Å². The topological polar surface area (TPSA) is 65.4 Å². The molecule has 0 saturated carbocycles. The summed E-state index contributed by atoms with van der Waals surface area (Å²) in [6, 6.07) is 21.2. The van der Waals surface area contributed by atoms with Crippen LogP contribution in [0, 0.1) is 6.92 Å². The minimum Gasteiger partial charge on any atom is -0.497 e. The van der Waals surface area contributed by atoms with Crippen LogP contribution in [0.2, 0.25) is 0 Å². The monoisotopic (exact) mass is 471 g/mol. The number of imidazole rings is 1. The molecule has 0 aliphatic heterocycles. The van der Waals surface area contributed by atoms with Crippen LogP contribution in [-0.2, 0) is 6.54 Å². The van der Waals surface area contributed by atoms with Gasteiger partial charge in [-0.05, 0) is 73.4 Å². The fourth-order valence-corrected chi connectivity index (χ4v) is 4.24. The van der Waals surface area contributed by atoms with Gasteiger partial charge in [-0.1, -0.05) is 38.1 Å². The Morgan fingerprint density at radius 3 is 2.49 bits per heavy atom. The third-order valence-corrected chi connectivity index (χ3v) is 6.13. The molecule has 1 heterocycles. The normalized spacial score (nSPS) is 12.1. The summed E-state index contributed by atoms with van der Waals surface area (Å²) >= 11 is 0. The van der Waals surface area contributed by atoms with Gasteiger partial charge in [-0.2, -0.15) is 0 Å². The standard InChI is InChI=1S/C29H33N3O3/c1-19(2)24-15-10-20(3)18-27(24)35-17-16-32-26-9-7-6-8-25(26)31-28(32)21(4)30-29(33)22-11-13-23(34-5)14-12-22/h6-15,18-19,21H,16-17H2,1-5H3,(H,30,33). The molecule has 0 spiro atoms. The van der Waals surface area contributed by atoms with Gasteiger partial charge in [-0.15, -0.1) is 0 Å². The molecule has 6 nitrogen and oxygen atoms in total. The smallest absolute Gasteiger partial charge is 0.251 e.